The highest BCUT2D eigenvalue weighted by molar-refractivity contribution is 5.99. The second-order valence-corrected chi connectivity index (χ2v) is 6.83. The zero-order chi connectivity index (χ0) is 17.2. The molecule has 5 nitrogen and oxygen atoms in total. The number of benzene rings is 1. The molecule has 2 aromatic rings. The van der Waals surface area contributed by atoms with E-state index < -0.39 is 6.10 Å². The topological polar surface area (TPSA) is 56.7 Å². The van der Waals surface area contributed by atoms with E-state index in [0.717, 1.165) is 31.7 Å². The minimum Gasteiger partial charge on any atom is -0.378 e. The largest absolute Gasteiger partial charge is 0.378 e. The molecule has 1 atom stereocenters. The van der Waals surface area contributed by atoms with Crippen molar-refractivity contribution in [3.05, 3.63) is 59.4 Å². The molecule has 1 aromatic carbocycles. The van der Waals surface area contributed by atoms with Gasteiger partial charge in [-0.05, 0) is 55.6 Å². The molecule has 25 heavy (non-hydrogen) atoms. The normalized spacial score (nSPS) is 18.4. The van der Waals surface area contributed by atoms with Crippen molar-refractivity contribution in [2.75, 3.05) is 24.5 Å². The van der Waals surface area contributed by atoms with Gasteiger partial charge in [0.2, 0.25) is 0 Å². The Morgan fingerprint density at radius 2 is 2.00 bits per heavy atom. The van der Waals surface area contributed by atoms with Gasteiger partial charge >= 0.3 is 0 Å². The van der Waals surface area contributed by atoms with Gasteiger partial charge in [-0.15, -0.1) is 0 Å². The van der Waals surface area contributed by atoms with Crippen LogP contribution in [0.1, 0.15) is 35.6 Å². The van der Waals surface area contributed by atoms with E-state index in [1.165, 1.54) is 24.0 Å². The smallest absolute Gasteiger partial charge is 0.260 e. The maximum absolute atomic E-state index is 12.8. The second kappa shape index (κ2) is 6.94. The number of aliphatic hydroxyl groups is 1. The molecule has 130 valence electrons. The van der Waals surface area contributed by atoms with Crippen LogP contribution in [0.25, 0.3) is 0 Å². The molecule has 0 saturated carbocycles. The lowest BCUT2D eigenvalue weighted by Gasteiger charge is -2.22. The van der Waals surface area contributed by atoms with Crippen molar-refractivity contribution in [2.45, 2.75) is 31.9 Å². The van der Waals surface area contributed by atoms with Crippen LogP contribution in [0.4, 0.5) is 5.69 Å². The standard InChI is InChI=1S/C20H23N3O2/c24-19(15-6-4-9-21-13-15)20(25)23-12-8-17-16(5-3-7-18(17)23)14-22-10-1-2-11-22/h3-7,9,13,19,24H,1-2,8,10-12,14H2. The molecule has 1 fully saturated rings. The fourth-order valence-corrected chi connectivity index (χ4v) is 3.89. The number of amides is 1. The van der Waals surface area contributed by atoms with E-state index in [9.17, 15) is 9.90 Å². The lowest BCUT2D eigenvalue weighted by molar-refractivity contribution is -0.126. The minimum absolute atomic E-state index is 0.273. The van der Waals surface area contributed by atoms with Crippen LogP contribution in [-0.4, -0.2) is 40.5 Å². The maximum atomic E-state index is 12.8. The molecule has 4 rings (SSSR count). The quantitative estimate of drug-likeness (QED) is 0.930. The van der Waals surface area contributed by atoms with Gasteiger partial charge in [0.1, 0.15) is 0 Å². The summed E-state index contributed by atoms with van der Waals surface area (Å²) in [5.74, 6) is -0.273. The molecule has 1 aromatic heterocycles. The monoisotopic (exact) mass is 337 g/mol. The zero-order valence-corrected chi connectivity index (χ0v) is 14.3. The first-order valence-electron chi connectivity index (χ1n) is 8.96. The van der Waals surface area contributed by atoms with Gasteiger partial charge in [0.15, 0.2) is 6.10 Å². The molecule has 1 unspecified atom stereocenters. The highest BCUT2D eigenvalue weighted by atomic mass is 16.3. The Labute approximate surface area is 147 Å². The molecular weight excluding hydrogens is 314 g/mol. The Hall–Kier alpha value is -2.24. The summed E-state index contributed by atoms with van der Waals surface area (Å²) in [6.45, 7) is 3.90. The lowest BCUT2D eigenvalue weighted by atomic mass is 10.0. The molecule has 3 heterocycles. The lowest BCUT2D eigenvalue weighted by Crippen LogP contribution is -2.33. The van der Waals surface area contributed by atoms with Gasteiger partial charge in [-0.3, -0.25) is 14.7 Å². The first-order chi connectivity index (χ1) is 12.2. The summed E-state index contributed by atoms with van der Waals surface area (Å²) in [7, 11) is 0. The molecule has 2 aliphatic heterocycles. The average Bonchev–Trinajstić information content (AvgIpc) is 3.31. The first-order valence-corrected chi connectivity index (χ1v) is 8.96. The van der Waals surface area contributed by atoms with Gasteiger partial charge in [0.25, 0.3) is 5.91 Å². The van der Waals surface area contributed by atoms with Crippen molar-refractivity contribution in [3.63, 3.8) is 0 Å². The number of nitrogens with zero attached hydrogens (tertiary/aromatic N) is 3. The SMILES string of the molecule is O=C(C(O)c1cccnc1)N1CCc2c(CN3CCCC3)cccc21. The highest BCUT2D eigenvalue weighted by Crippen LogP contribution is 2.33. The summed E-state index contributed by atoms with van der Waals surface area (Å²) < 4.78 is 0. The van der Waals surface area contributed by atoms with Gasteiger partial charge < -0.3 is 10.0 Å². The van der Waals surface area contributed by atoms with Crippen LogP contribution in [0.5, 0.6) is 0 Å². The molecule has 5 heteroatoms. The van der Waals surface area contributed by atoms with E-state index in [-0.39, 0.29) is 5.91 Å². The zero-order valence-electron chi connectivity index (χ0n) is 14.3. The summed E-state index contributed by atoms with van der Waals surface area (Å²) >= 11 is 0. The average molecular weight is 337 g/mol. The number of rotatable bonds is 4. The number of hydrogen-bond acceptors (Lipinski definition) is 4. The Bertz CT molecular complexity index is 757. The third-order valence-electron chi connectivity index (χ3n) is 5.22. The van der Waals surface area contributed by atoms with Gasteiger partial charge in [0.05, 0.1) is 0 Å². The van der Waals surface area contributed by atoms with E-state index in [4.69, 9.17) is 0 Å². The van der Waals surface area contributed by atoms with E-state index in [2.05, 4.69) is 16.0 Å². The van der Waals surface area contributed by atoms with Gasteiger partial charge in [-0.1, -0.05) is 18.2 Å². The van der Waals surface area contributed by atoms with Crippen LogP contribution in [0.15, 0.2) is 42.7 Å². The van der Waals surface area contributed by atoms with E-state index >= 15 is 0 Å². The molecule has 2 aliphatic rings. The third kappa shape index (κ3) is 3.17. The number of carbonyl (C=O) groups is 1. The Morgan fingerprint density at radius 1 is 1.16 bits per heavy atom. The van der Waals surface area contributed by atoms with Crippen LogP contribution in [-0.2, 0) is 17.8 Å². The highest BCUT2D eigenvalue weighted by Gasteiger charge is 2.31. The van der Waals surface area contributed by atoms with Gasteiger partial charge in [0, 0.05) is 36.7 Å². The maximum Gasteiger partial charge on any atom is 0.260 e. The number of aromatic nitrogens is 1. The predicted molar refractivity (Wildman–Crippen MR) is 96.2 cm³/mol. The fraction of sp³-hybridized carbons (Fsp3) is 0.400. The number of anilines is 1. The van der Waals surface area contributed by atoms with E-state index in [1.54, 1.807) is 29.4 Å². The predicted octanol–water partition coefficient (Wildman–Crippen LogP) is 2.30. The number of hydrogen-bond donors (Lipinski definition) is 1. The number of aliphatic hydroxyl groups excluding tert-OH is 1. The molecule has 0 aliphatic carbocycles. The summed E-state index contributed by atoms with van der Waals surface area (Å²) in [5, 5.41) is 10.4. The van der Waals surface area contributed by atoms with Crippen LogP contribution >= 0.6 is 0 Å². The summed E-state index contributed by atoms with van der Waals surface area (Å²) in [4.78, 5) is 21.0. The number of fused-ring (bicyclic) bond motifs is 1. The van der Waals surface area contributed by atoms with Crippen molar-refractivity contribution >= 4 is 11.6 Å². The second-order valence-electron chi connectivity index (χ2n) is 6.83. The van der Waals surface area contributed by atoms with Gasteiger partial charge in [-0.2, -0.15) is 0 Å². The summed E-state index contributed by atoms with van der Waals surface area (Å²) in [6.07, 6.45) is 5.42. The number of likely N-dealkylation sites (tertiary alicyclic amines) is 1. The van der Waals surface area contributed by atoms with Crippen LogP contribution in [0.3, 0.4) is 0 Å². The van der Waals surface area contributed by atoms with Crippen molar-refractivity contribution in [2.24, 2.45) is 0 Å². The molecule has 1 saturated heterocycles. The fourth-order valence-electron chi connectivity index (χ4n) is 3.89. The van der Waals surface area contributed by atoms with Crippen LogP contribution < -0.4 is 4.90 Å². The van der Waals surface area contributed by atoms with Crippen LogP contribution in [0.2, 0.25) is 0 Å². The van der Waals surface area contributed by atoms with Crippen molar-refractivity contribution < 1.29 is 9.90 Å². The Kier molecular flexibility index (Phi) is 4.51. The molecule has 1 amide bonds. The first kappa shape index (κ1) is 16.2. The minimum atomic E-state index is -1.16. The molecule has 0 radical (unpaired) electrons. The van der Waals surface area contributed by atoms with E-state index in [1.807, 2.05) is 12.1 Å². The van der Waals surface area contributed by atoms with Crippen molar-refractivity contribution in [1.82, 2.24) is 9.88 Å². The number of pyridine rings is 1. The molecule has 1 N–H and O–H groups in total. The van der Waals surface area contributed by atoms with Crippen LogP contribution in [0, 0.1) is 0 Å². The molecule has 0 bridgehead atoms. The molecular formula is C20H23N3O2. The Morgan fingerprint density at radius 3 is 2.76 bits per heavy atom. The van der Waals surface area contributed by atoms with E-state index in [0.29, 0.717) is 12.1 Å². The third-order valence-corrected chi connectivity index (χ3v) is 5.22. The van der Waals surface area contributed by atoms with Crippen molar-refractivity contribution in [1.29, 1.82) is 0 Å². The number of carbonyl (C=O) groups excluding carboxylic acids is 1. The van der Waals surface area contributed by atoms with Gasteiger partial charge in [-0.25, -0.2) is 0 Å². The Balaban J connectivity index is 1.56. The van der Waals surface area contributed by atoms with Crippen molar-refractivity contribution in [3.8, 4) is 0 Å². The summed E-state index contributed by atoms with van der Waals surface area (Å²) in [5.41, 5.74) is 4.05. The summed E-state index contributed by atoms with van der Waals surface area (Å²) in [6, 6.07) is 9.65. The molecule has 0 spiro atoms.